The summed E-state index contributed by atoms with van der Waals surface area (Å²) in [5, 5.41) is 5.61. The molecule has 51 heavy (non-hydrogen) atoms. The first-order chi connectivity index (χ1) is 29.4. The lowest BCUT2D eigenvalue weighted by Gasteiger charge is -2.08. The van der Waals surface area contributed by atoms with E-state index in [9.17, 15) is 0 Å². The summed E-state index contributed by atoms with van der Waals surface area (Å²) in [7, 11) is 0. The van der Waals surface area contributed by atoms with Crippen LogP contribution in [0.15, 0.2) is 166 Å². The predicted octanol–water partition coefficient (Wildman–Crippen LogP) is 11.8. The zero-order valence-electron chi connectivity index (χ0n) is 36.3. The highest BCUT2D eigenvalue weighted by Gasteiger charge is 2.19. The first-order valence-corrected chi connectivity index (χ1v) is 16.1. The Kier molecular flexibility index (Phi) is 4.17. The standard InChI is InChI=1S/C45H26N4O2/c1-3-11-27(12-4-1)43-46-44(28-13-5-2-6-14-28)48-45(47-43)29-19-21-33-35-23-24-36-34-22-20-30(26-40(34)51-42(36)41(35)50-39(33)25-29)49-37-17-9-7-15-31(37)32-16-8-10-18-38(32)49/h1-26H/i1D,2D,3D,4D,5D,6D,11D,12D,13D,14D. The molecule has 0 bridgehead atoms. The van der Waals surface area contributed by atoms with Gasteiger partial charge in [-0.3, -0.25) is 0 Å². The SMILES string of the molecule is [2H]c1c([2H])c([2H])c(-c2nc(-c3ccc4c(c3)oc3c4ccc4c5ccc(-n6c7ccccc7c7ccccc76)cc5oc43)nc(-c3c([2H])c([2H])c([2H])c([2H])c3[2H])n2)c([2H])c1[2H]. The Hall–Kier alpha value is -7.05. The highest BCUT2D eigenvalue weighted by molar-refractivity contribution is 6.19. The molecule has 4 aromatic heterocycles. The van der Waals surface area contributed by atoms with Gasteiger partial charge in [0.05, 0.1) is 24.7 Å². The summed E-state index contributed by atoms with van der Waals surface area (Å²) in [6, 6.07) is 25.9. The molecule has 0 radical (unpaired) electrons. The molecule has 0 saturated carbocycles. The minimum Gasteiger partial charge on any atom is -0.452 e. The van der Waals surface area contributed by atoms with Crippen molar-refractivity contribution in [2.75, 3.05) is 0 Å². The smallest absolute Gasteiger partial charge is 0.178 e. The van der Waals surface area contributed by atoms with E-state index in [1.807, 2.05) is 54.6 Å². The number of benzene rings is 7. The van der Waals surface area contributed by atoms with Gasteiger partial charge in [-0.05, 0) is 48.5 Å². The molecule has 0 amide bonds. The molecule has 6 heteroatoms. The lowest BCUT2D eigenvalue weighted by atomic mass is 10.1. The van der Waals surface area contributed by atoms with E-state index >= 15 is 0 Å². The van der Waals surface area contributed by atoms with E-state index < -0.39 is 60.4 Å². The Bertz CT molecular complexity index is 3550. The molecule has 7 aromatic carbocycles. The number of nitrogens with zero attached hydrogens (tertiary/aromatic N) is 4. The van der Waals surface area contributed by atoms with Crippen LogP contribution in [0.5, 0.6) is 0 Å². The fourth-order valence-electron chi connectivity index (χ4n) is 6.99. The Labute approximate surface area is 304 Å². The number of hydrogen-bond donors (Lipinski definition) is 0. The van der Waals surface area contributed by atoms with Gasteiger partial charge in [-0.1, -0.05) is 103 Å². The van der Waals surface area contributed by atoms with E-state index in [-0.39, 0.29) is 28.6 Å². The van der Waals surface area contributed by atoms with Gasteiger partial charge in [-0.2, -0.15) is 0 Å². The minimum absolute atomic E-state index is 0.0625. The minimum atomic E-state index is -0.620. The maximum absolute atomic E-state index is 8.64. The molecule has 4 heterocycles. The fourth-order valence-corrected chi connectivity index (χ4v) is 6.99. The molecule has 0 unspecified atom stereocenters. The molecular formula is C45H26N4O2. The number of aromatic nitrogens is 4. The van der Waals surface area contributed by atoms with Crippen LogP contribution in [0.4, 0.5) is 0 Å². The number of para-hydroxylation sites is 2. The Balaban J connectivity index is 1.09. The zero-order valence-corrected chi connectivity index (χ0v) is 26.3. The molecule has 0 atom stereocenters. The van der Waals surface area contributed by atoms with Crippen LogP contribution in [-0.2, 0) is 0 Å². The predicted molar refractivity (Wildman–Crippen MR) is 205 cm³/mol. The molecule has 0 aliphatic heterocycles. The van der Waals surface area contributed by atoms with Crippen molar-refractivity contribution >= 4 is 65.7 Å². The third-order valence-corrected chi connectivity index (χ3v) is 9.24. The van der Waals surface area contributed by atoms with Crippen molar-refractivity contribution in [2.45, 2.75) is 0 Å². The van der Waals surface area contributed by atoms with Gasteiger partial charge in [0.15, 0.2) is 28.6 Å². The Morgan fingerprint density at radius 3 is 1.47 bits per heavy atom. The summed E-state index contributed by atoms with van der Waals surface area (Å²) < 4.78 is 99.2. The molecule has 11 aromatic rings. The molecule has 0 N–H and O–H groups in total. The zero-order chi connectivity index (χ0) is 42.2. The van der Waals surface area contributed by atoms with Crippen molar-refractivity contribution in [3.05, 3.63) is 157 Å². The van der Waals surface area contributed by atoms with Crippen molar-refractivity contribution in [1.29, 1.82) is 0 Å². The van der Waals surface area contributed by atoms with E-state index in [0.29, 0.717) is 27.9 Å². The first kappa shape index (κ1) is 19.8. The highest BCUT2D eigenvalue weighted by Crippen LogP contribution is 2.41. The van der Waals surface area contributed by atoms with Gasteiger partial charge in [0.25, 0.3) is 0 Å². The lowest BCUT2D eigenvalue weighted by Crippen LogP contribution is -2.00. The van der Waals surface area contributed by atoms with Crippen LogP contribution >= 0.6 is 0 Å². The summed E-state index contributed by atoms with van der Waals surface area (Å²) in [4.78, 5) is 13.5. The topological polar surface area (TPSA) is 69.9 Å². The summed E-state index contributed by atoms with van der Waals surface area (Å²) in [5.41, 5.74) is 4.93. The average molecular weight is 665 g/mol. The summed E-state index contributed by atoms with van der Waals surface area (Å²) in [6.07, 6.45) is 0. The van der Waals surface area contributed by atoms with Crippen molar-refractivity contribution in [2.24, 2.45) is 0 Å². The van der Waals surface area contributed by atoms with Crippen molar-refractivity contribution in [1.82, 2.24) is 19.5 Å². The van der Waals surface area contributed by atoms with Crippen LogP contribution in [0, 0.1) is 0 Å². The summed E-state index contributed by atoms with van der Waals surface area (Å²) in [6.45, 7) is 0. The van der Waals surface area contributed by atoms with E-state index in [0.717, 1.165) is 49.0 Å². The van der Waals surface area contributed by atoms with E-state index in [2.05, 4.69) is 49.9 Å². The molecule has 0 saturated heterocycles. The molecule has 0 spiro atoms. The van der Waals surface area contributed by atoms with Crippen molar-refractivity contribution in [3.63, 3.8) is 0 Å². The maximum Gasteiger partial charge on any atom is 0.178 e. The van der Waals surface area contributed by atoms with Crippen LogP contribution in [0.3, 0.4) is 0 Å². The quantitative estimate of drug-likeness (QED) is 0.187. The molecule has 0 aliphatic rings. The Morgan fingerprint density at radius 1 is 0.431 bits per heavy atom. The summed E-state index contributed by atoms with van der Waals surface area (Å²) in [5.74, 6) is -0.761. The largest absolute Gasteiger partial charge is 0.452 e. The van der Waals surface area contributed by atoms with E-state index in [4.69, 9.17) is 22.5 Å². The second-order valence-corrected chi connectivity index (χ2v) is 12.1. The van der Waals surface area contributed by atoms with Gasteiger partial charge in [0, 0.05) is 60.8 Å². The van der Waals surface area contributed by atoms with Gasteiger partial charge in [-0.15, -0.1) is 0 Å². The third-order valence-electron chi connectivity index (χ3n) is 9.24. The van der Waals surface area contributed by atoms with Crippen molar-refractivity contribution in [3.8, 4) is 39.9 Å². The van der Waals surface area contributed by atoms with E-state index in [1.54, 1.807) is 12.1 Å². The van der Waals surface area contributed by atoms with E-state index in [1.165, 1.54) is 0 Å². The molecule has 0 aliphatic carbocycles. The lowest BCUT2D eigenvalue weighted by molar-refractivity contribution is 0.633. The van der Waals surface area contributed by atoms with Crippen LogP contribution < -0.4 is 0 Å². The third kappa shape index (κ3) is 4.26. The Morgan fingerprint density at radius 2 is 0.902 bits per heavy atom. The average Bonchev–Trinajstić information content (AvgIpc) is 3.95. The van der Waals surface area contributed by atoms with Crippen LogP contribution in [0.25, 0.3) is 106 Å². The van der Waals surface area contributed by atoms with Crippen LogP contribution in [0.2, 0.25) is 0 Å². The van der Waals surface area contributed by atoms with Crippen LogP contribution in [-0.4, -0.2) is 19.5 Å². The number of fused-ring (bicyclic) bond motifs is 10. The molecular weight excluding hydrogens is 629 g/mol. The molecule has 6 nitrogen and oxygen atoms in total. The fraction of sp³-hybridized carbons (Fsp3) is 0. The maximum atomic E-state index is 8.64. The normalized spacial score (nSPS) is 14.7. The second kappa shape index (κ2) is 10.7. The first-order valence-electron chi connectivity index (χ1n) is 21.1. The monoisotopic (exact) mass is 664 g/mol. The van der Waals surface area contributed by atoms with Crippen molar-refractivity contribution < 1.29 is 22.5 Å². The summed E-state index contributed by atoms with van der Waals surface area (Å²) >= 11 is 0. The highest BCUT2D eigenvalue weighted by atomic mass is 16.4. The van der Waals surface area contributed by atoms with Gasteiger partial charge >= 0.3 is 0 Å². The number of rotatable bonds is 4. The number of hydrogen-bond acceptors (Lipinski definition) is 5. The molecule has 238 valence electrons. The van der Waals surface area contributed by atoms with Crippen LogP contribution in [0.1, 0.15) is 13.7 Å². The second-order valence-electron chi connectivity index (χ2n) is 12.1. The number of furan rings is 2. The van der Waals surface area contributed by atoms with Gasteiger partial charge < -0.3 is 13.4 Å². The van der Waals surface area contributed by atoms with Gasteiger partial charge in [0.2, 0.25) is 0 Å². The van der Waals surface area contributed by atoms with Gasteiger partial charge in [0.1, 0.15) is 11.2 Å². The molecule has 11 rings (SSSR count). The van der Waals surface area contributed by atoms with Gasteiger partial charge in [-0.25, -0.2) is 15.0 Å². The molecule has 0 fully saturated rings.